The van der Waals surface area contributed by atoms with E-state index < -0.39 is 5.97 Å². The number of ether oxygens (including phenoxy) is 1. The van der Waals surface area contributed by atoms with Gasteiger partial charge in [0.25, 0.3) is 0 Å². The highest BCUT2D eigenvalue weighted by molar-refractivity contribution is 5.70. The van der Waals surface area contributed by atoms with Crippen molar-refractivity contribution in [1.82, 2.24) is 0 Å². The van der Waals surface area contributed by atoms with Gasteiger partial charge in [-0.05, 0) is 66.3 Å². The van der Waals surface area contributed by atoms with Gasteiger partial charge in [-0.15, -0.1) is 0 Å². The number of carbonyl (C=O) groups is 1. The van der Waals surface area contributed by atoms with Gasteiger partial charge in [0.05, 0.1) is 5.92 Å². The van der Waals surface area contributed by atoms with E-state index in [2.05, 4.69) is 68.5 Å². The highest BCUT2D eigenvalue weighted by Crippen LogP contribution is 2.23. The molecule has 3 rings (SSSR count). The summed E-state index contributed by atoms with van der Waals surface area (Å²) >= 11 is 0. The molecule has 0 heterocycles. The minimum atomic E-state index is -0.775. The van der Waals surface area contributed by atoms with E-state index in [1.165, 1.54) is 22.3 Å². The minimum Gasteiger partial charge on any atom is -0.490 e. The monoisotopic (exact) mass is 400 g/mol. The highest BCUT2D eigenvalue weighted by atomic mass is 16.5. The molecule has 3 nitrogen and oxygen atoms in total. The first kappa shape index (κ1) is 21.4. The Bertz CT molecular complexity index is 1010. The van der Waals surface area contributed by atoms with Crippen LogP contribution in [0, 0.1) is 12.8 Å². The molecular formula is C27H28O3. The van der Waals surface area contributed by atoms with Gasteiger partial charge in [0.2, 0.25) is 0 Å². The average molecular weight is 401 g/mol. The lowest BCUT2D eigenvalue weighted by molar-refractivity contribution is -0.141. The van der Waals surface area contributed by atoms with Crippen LogP contribution in [-0.2, 0) is 11.2 Å². The number of benzene rings is 3. The van der Waals surface area contributed by atoms with Crippen LogP contribution in [0.3, 0.4) is 0 Å². The summed E-state index contributed by atoms with van der Waals surface area (Å²) in [5.74, 6) is -0.386. The fourth-order valence-corrected chi connectivity index (χ4v) is 3.29. The van der Waals surface area contributed by atoms with Crippen molar-refractivity contribution in [3.63, 3.8) is 0 Å². The van der Waals surface area contributed by atoms with Crippen LogP contribution in [0.2, 0.25) is 0 Å². The van der Waals surface area contributed by atoms with Crippen molar-refractivity contribution in [2.45, 2.75) is 27.2 Å². The Balaban J connectivity index is 1.56. The van der Waals surface area contributed by atoms with Crippen LogP contribution in [0.4, 0.5) is 0 Å². The normalized spacial score (nSPS) is 12.4. The Hall–Kier alpha value is -3.33. The van der Waals surface area contributed by atoms with E-state index in [1.54, 1.807) is 6.92 Å². The summed E-state index contributed by atoms with van der Waals surface area (Å²) in [4.78, 5) is 11.0. The third-order valence-corrected chi connectivity index (χ3v) is 5.22. The molecular weight excluding hydrogens is 372 g/mol. The fourth-order valence-electron chi connectivity index (χ4n) is 3.29. The molecule has 3 aromatic carbocycles. The smallest absolute Gasteiger partial charge is 0.306 e. The number of hydrogen-bond donors (Lipinski definition) is 1. The maximum Gasteiger partial charge on any atom is 0.306 e. The molecule has 3 heteroatoms. The number of aryl methyl sites for hydroxylation is 1. The molecule has 0 aliphatic carbocycles. The van der Waals surface area contributed by atoms with E-state index in [4.69, 9.17) is 9.84 Å². The molecule has 0 radical (unpaired) electrons. The molecule has 0 amide bonds. The van der Waals surface area contributed by atoms with Crippen molar-refractivity contribution in [1.29, 1.82) is 0 Å². The fraction of sp³-hybridized carbons (Fsp3) is 0.222. The Morgan fingerprint density at radius 1 is 1.00 bits per heavy atom. The van der Waals surface area contributed by atoms with Crippen LogP contribution >= 0.6 is 0 Å². The molecule has 3 aromatic rings. The predicted octanol–water partition coefficient (Wildman–Crippen LogP) is 6.41. The number of carboxylic acids is 1. The summed E-state index contributed by atoms with van der Waals surface area (Å²) in [7, 11) is 0. The van der Waals surface area contributed by atoms with E-state index in [1.807, 2.05) is 24.3 Å². The van der Waals surface area contributed by atoms with E-state index in [9.17, 15) is 4.79 Å². The molecule has 0 fully saturated rings. The number of allylic oxidation sites excluding steroid dienone is 1. The molecule has 0 spiro atoms. The first-order valence-electron chi connectivity index (χ1n) is 10.2. The van der Waals surface area contributed by atoms with Gasteiger partial charge in [-0.25, -0.2) is 0 Å². The predicted molar refractivity (Wildman–Crippen MR) is 123 cm³/mol. The topological polar surface area (TPSA) is 46.5 Å². The highest BCUT2D eigenvalue weighted by Gasteiger charge is 2.11. The molecule has 1 unspecified atom stereocenters. The van der Waals surface area contributed by atoms with E-state index >= 15 is 0 Å². The van der Waals surface area contributed by atoms with Gasteiger partial charge in [0.15, 0.2) is 0 Å². The van der Waals surface area contributed by atoms with Crippen LogP contribution in [0.25, 0.3) is 16.7 Å². The summed E-state index contributed by atoms with van der Waals surface area (Å²) in [5.41, 5.74) is 7.04. The zero-order valence-corrected chi connectivity index (χ0v) is 17.8. The average Bonchev–Trinajstić information content (AvgIpc) is 2.75. The Morgan fingerprint density at radius 2 is 1.70 bits per heavy atom. The van der Waals surface area contributed by atoms with Crippen molar-refractivity contribution in [3.8, 4) is 16.9 Å². The van der Waals surface area contributed by atoms with Gasteiger partial charge in [-0.3, -0.25) is 4.79 Å². The second-order valence-corrected chi connectivity index (χ2v) is 7.73. The molecule has 0 saturated carbocycles. The molecule has 0 aromatic heterocycles. The van der Waals surface area contributed by atoms with Crippen LogP contribution < -0.4 is 4.74 Å². The van der Waals surface area contributed by atoms with Crippen molar-refractivity contribution >= 4 is 11.5 Å². The quantitative estimate of drug-likeness (QED) is 0.475. The van der Waals surface area contributed by atoms with Gasteiger partial charge < -0.3 is 9.84 Å². The van der Waals surface area contributed by atoms with E-state index in [0.717, 1.165) is 16.9 Å². The molecule has 1 atom stereocenters. The first-order valence-corrected chi connectivity index (χ1v) is 10.2. The molecule has 154 valence electrons. The lowest BCUT2D eigenvalue weighted by Crippen LogP contribution is -2.12. The lowest BCUT2D eigenvalue weighted by atomic mass is 10.00. The Labute approximate surface area is 178 Å². The molecule has 0 aliphatic heterocycles. The third-order valence-electron chi connectivity index (χ3n) is 5.22. The van der Waals surface area contributed by atoms with Crippen LogP contribution in [-0.4, -0.2) is 17.7 Å². The third kappa shape index (κ3) is 5.84. The second kappa shape index (κ2) is 9.93. The standard InChI is InChI=1S/C27H28O3/c1-19-5-4-6-25(17-19)24-11-9-23(10-12-24)20(2)15-16-30-26-13-7-22(8-14-26)18-21(3)27(28)29/h4-15,17,21H,16,18H2,1-3H3,(H,28,29)/b20-15+. The van der Waals surface area contributed by atoms with Gasteiger partial charge in [-0.2, -0.15) is 0 Å². The van der Waals surface area contributed by atoms with Crippen molar-refractivity contribution in [2.75, 3.05) is 6.61 Å². The van der Waals surface area contributed by atoms with Crippen molar-refractivity contribution < 1.29 is 14.6 Å². The number of rotatable bonds is 8. The molecule has 30 heavy (non-hydrogen) atoms. The summed E-state index contributed by atoms with van der Waals surface area (Å²) in [6, 6.07) is 24.7. The molecule has 0 saturated heterocycles. The molecule has 0 bridgehead atoms. The summed E-state index contributed by atoms with van der Waals surface area (Å²) in [6.07, 6.45) is 2.59. The minimum absolute atomic E-state index is 0.389. The summed E-state index contributed by atoms with van der Waals surface area (Å²) in [6.45, 7) is 6.39. The molecule has 0 aliphatic rings. The van der Waals surface area contributed by atoms with E-state index in [-0.39, 0.29) is 5.92 Å². The first-order chi connectivity index (χ1) is 14.4. The van der Waals surface area contributed by atoms with Crippen molar-refractivity contribution in [2.24, 2.45) is 5.92 Å². The van der Waals surface area contributed by atoms with Crippen molar-refractivity contribution in [3.05, 3.63) is 95.6 Å². The number of hydrogen-bond acceptors (Lipinski definition) is 2. The van der Waals surface area contributed by atoms with Gasteiger partial charge in [-0.1, -0.05) is 73.2 Å². The zero-order chi connectivity index (χ0) is 21.5. The van der Waals surface area contributed by atoms with Crippen LogP contribution in [0.1, 0.15) is 30.5 Å². The van der Waals surface area contributed by atoms with E-state index in [0.29, 0.717) is 13.0 Å². The van der Waals surface area contributed by atoms with Crippen LogP contribution in [0.15, 0.2) is 78.9 Å². The SMILES string of the molecule is C/C(=C\COc1ccc(CC(C)C(=O)O)cc1)c1ccc(-c2cccc(C)c2)cc1. The Morgan fingerprint density at radius 3 is 2.33 bits per heavy atom. The molecule has 1 N–H and O–H groups in total. The largest absolute Gasteiger partial charge is 0.490 e. The van der Waals surface area contributed by atoms with Gasteiger partial charge >= 0.3 is 5.97 Å². The Kier molecular flexibility index (Phi) is 7.08. The number of carboxylic acid groups (broad SMARTS) is 1. The zero-order valence-electron chi connectivity index (χ0n) is 17.8. The summed E-state index contributed by atoms with van der Waals surface area (Å²) < 4.78 is 5.82. The lowest BCUT2D eigenvalue weighted by Gasteiger charge is -2.09. The summed E-state index contributed by atoms with van der Waals surface area (Å²) in [5, 5.41) is 9.01. The van der Waals surface area contributed by atoms with Gasteiger partial charge in [0, 0.05) is 0 Å². The van der Waals surface area contributed by atoms with Crippen LogP contribution in [0.5, 0.6) is 5.75 Å². The second-order valence-electron chi connectivity index (χ2n) is 7.73. The number of aliphatic carboxylic acids is 1. The maximum absolute atomic E-state index is 11.0. The maximum atomic E-state index is 11.0. The van der Waals surface area contributed by atoms with Gasteiger partial charge in [0.1, 0.15) is 12.4 Å².